The number of hydrogen-bond acceptors (Lipinski definition) is 5. The summed E-state index contributed by atoms with van der Waals surface area (Å²) in [4.78, 5) is 21.7. The van der Waals surface area contributed by atoms with Crippen LogP contribution >= 0.6 is 0 Å². The maximum Gasteiger partial charge on any atom is 0.263 e. The summed E-state index contributed by atoms with van der Waals surface area (Å²) in [6, 6.07) is 10.4. The van der Waals surface area contributed by atoms with Crippen LogP contribution in [0.2, 0.25) is 0 Å². The van der Waals surface area contributed by atoms with Crippen LogP contribution in [0.5, 0.6) is 0 Å². The number of carbonyl (C=O) groups is 1. The Morgan fingerprint density at radius 2 is 1.81 bits per heavy atom. The number of amides is 1. The van der Waals surface area contributed by atoms with E-state index in [1.165, 1.54) is 12.8 Å². The summed E-state index contributed by atoms with van der Waals surface area (Å²) in [7, 11) is -3.77. The van der Waals surface area contributed by atoms with Crippen LogP contribution in [0, 0.1) is 5.92 Å². The molecule has 2 aliphatic carbocycles. The summed E-state index contributed by atoms with van der Waals surface area (Å²) in [5.41, 5.74) is 2.46. The van der Waals surface area contributed by atoms with Gasteiger partial charge < -0.3 is 4.90 Å². The van der Waals surface area contributed by atoms with Gasteiger partial charge >= 0.3 is 0 Å². The first-order valence-corrected chi connectivity index (χ1v) is 12.8. The Hall–Kier alpha value is -2.71. The number of hydrogen-bond donors (Lipinski definition) is 1. The molecule has 1 saturated carbocycles. The summed E-state index contributed by atoms with van der Waals surface area (Å²) < 4.78 is 28.6. The highest BCUT2D eigenvalue weighted by Gasteiger charge is 2.28. The van der Waals surface area contributed by atoms with Crippen molar-refractivity contribution in [3.05, 3.63) is 65.5 Å². The number of fused-ring (bicyclic) bond motifs is 1. The highest BCUT2D eigenvalue weighted by Crippen LogP contribution is 2.31. The van der Waals surface area contributed by atoms with E-state index in [1.54, 1.807) is 36.5 Å². The second kappa shape index (κ2) is 8.67. The minimum Gasteiger partial charge on any atom is -0.336 e. The van der Waals surface area contributed by atoms with E-state index in [1.807, 2.05) is 17.0 Å². The van der Waals surface area contributed by atoms with E-state index in [9.17, 15) is 13.2 Å². The molecule has 0 unspecified atom stereocenters. The van der Waals surface area contributed by atoms with Gasteiger partial charge in [-0.2, -0.15) is 0 Å². The van der Waals surface area contributed by atoms with E-state index in [-0.39, 0.29) is 10.8 Å². The predicted molar refractivity (Wildman–Crippen MR) is 125 cm³/mol. The molecule has 2 aromatic rings. The topological polar surface area (TPSA) is 82.6 Å². The van der Waals surface area contributed by atoms with Gasteiger partial charge in [0.15, 0.2) is 0 Å². The van der Waals surface area contributed by atoms with Crippen LogP contribution in [0.3, 0.4) is 0 Å². The number of sulfonamides is 1. The molecule has 1 N–H and O–H groups in total. The van der Waals surface area contributed by atoms with E-state index in [0.717, 1.165) is 50.6 Å². The van der Waals surface area contributed by atoms with Gasteiger partial charge in [0.25, 0.3) is 15.9 Å². The van der Waals surface area contributed by atoms with Crippen molar-refractivity contribution in [3.8, 4) is 0 Å². The molecule has 2 heterocycles. The van der Waals surface area contributed by atoms with Gasteiger partial charge in [-0.3, -0.25) is 19.4 Å². The number of benzene rings is 1. The van der Waals surface area contributed by atoms with Gasteiger partial charge in [-0.1, -0.05) is 12.1 Å². The van der Waals surface area contributed by atoms with Crippen molar-refractivity contribution in [2.75, 3.05) is 37.4 Å². The molecule has 1 aromatic carbocycles. The van der Waals surface area contributed by atoms with Crippen LogP contribution in [0.4, 0.5) is 5.69 Å². The Kier molecular flexibility index (Phi) is 5.73. The van der Waals surface area contributed by atoms with Crippen LogP contribution < -0.4 is 4.72 Å². The minimum absolute atomic E-state index is 0.00130. The molecule has 7 nitrogen and oxygen atoms in total. The minimum atomic E-state index is -3.77. The molecule has 168 valence electrons. The molecule has 0 bridgehead atoms. The Morgan fingerprint density at radius 3 is 2.53 bits per heavy atom. The number of nitrogens with one attached hydrogen (secondary N) is 1. The summed E-state index contributed by atoms with van der Waals surface area (Å²) in [6.45, 7) is 4.48. The van der Waals surface area contributed by atoms with Crippen LogP contribution in [-0.2, 0) is 16.4 Å². The van der Waals surface area contributed by atoms with Crippen LogP contribution in [-0.4, -0.2) is 61.8 Å². The SMILES string of the molecule is O=C(c1ccc(NS(=O)(=O)C2=CCCc3cccnc32)cc1)N1CCN(CC2CC2)CC1. The number of nitrogens with zero attached hydrogens (tertiary/aromatic N) is 3. The lowest BCUT2D eigenvalue weighted by atomic mass is 10.0. The Morgan fingerprint density at radius 1 is 1.06 bits per heavy atom. The van der Waals surface area contributed by atoms with Gasteiger partial charge in [0.1, 0.15) is 4.91 Å². The molecular weight excluding hydrogens is 424 g/mol. The molecule has 5 rings (SSSR count). The van der Waals surface area contributed by atoms with Crippen molar-refractivity contribution < 1.29 is 13.2 Å². The van der Waals surface area contributed by atoms with Crippen molar-refractivity contribution >= 4 is 26.5 Å². The largest absolute Gasteiger partial charge is 0.336 e. The molecule has 0 radical (unpaired) electrons. The first kappa shape index (κ1) is 21.2. The first-order valence-electron chi connectivity index (χ1n) is 11.3. The zero-order chi connectivity index (χ0) is 22.1. The summed E-state index contributed by atoms with van der Waals surface area (Å²) in [5.74, 6) is 0.862. The smallest absolute Gasteiger partial charge is 0.263 e. The molecule has 1 amide bonds. The molecule has 0 spiro atoms. The van der Waals surface area contributed by atoms with Gasteiger partial charge in [0.05, 0.1) is 5.69 Å². The molecule has 32 heavy (non-hydrogen) atoms. The van der Waals surface area contributed by atoms with E-state index in [2.05, 4.69) is 14.6 Å². The second-order valence-corrected chi connectivity index (χ2v) is 10.5. The van der Waals surface area contributed by atoms with Crippen molar-refractivity contribution in [1.82, 2.24) is 14.8 Å². The zero-order valence-electron chi connectivity index (χ0n) is 18.0. The van der Waals surface area contributed by atoms with Gasteiger partial charge in [0.2, 0.25) is 0 Å². The predicted octanol–water partition coefficient (Wildman–Crippen LogP) is 2.98. The quantitative estimate of drug-likeness (QED) is 0.729. The maximum absolute atomic E-state index is 13.0. The molecule has 3 aliphatic rings. The third-order valence-corrected chi connectivity index (χ3v) is 7.86. The van der Waals surface area contributed by atoms with Gasteiger partial charge in [-0.25, -0.2) is 8.42 Å². The number of carbonyl (C=O) groups excluding carboxylic acids is 1. The summed E-state index contributed by atoms with van der Waals surface area (Å²) in [5, 5.41) is 0. The van der Waals surface area contributed by atoms with Gasteiger partial charge in [-0.05, 0) is 67.5 Å². The molecular formula is C24H28N4O3S. The lowest BCUT2D eigenvalue weighted by Gasteiger charge is -2.34. The fourth-order valence-corrected chi connectivity index (χ4v) is 5.76. The zero-order valence-corrected chi connectivity index (χ0v) is 18.9. The third kappa shape index (κ3) is 4.56. The number of allylic oxidation sites excluding steroid dienone is 1. The molecule has 1 saturated heterocycles. The number of pyridine rings is 1. The van der Waals surface area contributed by atoms with Crippen LogP contribution in [0.25, 0.3) is 4.91 Å². The van der Waals surface area contributed by atoms with E-state index >= 15 is 0 Å². The molecule has 0 atom stereocenters. The average molecular weight is 453 g/mol. The number of anilines is 1. The second-order valence-electron chi connectivity index (χ2n) is 8.84. The van der Waals surface area contributed by atoms with Crippen molar-refractivity contribution in [1.29, 1.82) is 0 Å². The van der Waals surface area contributed by atoms with Crippen molar-refractivity contribution in [2.45, 2.75) is 25.7 Å². The molecule has 1 aliphatic heterocycles. The Labute approximate surface area is 189 Å². The fraction of sp³-hybridized carbons (Fsp3) is 0.417. The monoisotopic (exact) mass is 452 g/mol. The van der Waals surface area contributed by atoms with E-state index in [0.29, 0.717) is 23.4 Å². The maximum atomic E-state index is 13.0. The number of rotatable bonds is 6. The number of aryl methyl sites for hydroxylation is 1. The average Bonchev–Trinajstić information content (AvgIpc) is 3.63. The van der Waals surface area contributed by atoms with Gasteiger partial charge in [-0.15, -0.1) is 0 Å². The highest BCUT2D eigenvalue weighted by atomic mass is 32.2. The van der Waals surface area contributed by atoms with E-state index < -0.39 is 10.0 Å². The standard InChI is InChI=1S/C24H28N4O3S/c29-24(28-15-13-27(14-16-28)17-18-6-7-18)20-8-10-21(11-9-20)26-32(30,31)22-5-1-3-19-4-2-12-25-23(19)22/h2,4-5,8-12,18,26H,1,3,6-7,13-17H2. The number of piperazine rings is 1. The molecule has 1 aromatic heterocycles. The number of aromatic nitrogens is 1. The lowest BCUT2D eigenvalue weighted by molar-refractivity contribution is 0.0632. The van der Waals surface area contributed by atoms with Crippen LogP contribution in [0.15, 0.2) is 48.7 Å². The van der Waals surface area contributed by atoms with Gasteiger partial charge in [0, 0.05) is 50.2 Å². The highest BCUT2D eigenvalue weighted by molar-refractivity contribution is 8.01. The third-order valence-electron chi connectivity index (χ3n) is 6.41. The van der Waals surface area contributed by atoms with E-state index in [4.69, 9.17) is 0 Å². The molecule has 2 fully saturated rings. The summed E-state index contributed by atoms with van der Waals surface area (Å²) >= 11 is 0. The van der Waals surface area contributed by atoms with Crippen LogP contribution in [0.1, 0.15) is 40.9 Å². The lowest BCUT2D eigenvalue weighted by Crippen LogP contribution is -2.49. The summed E-state index contributed by atoms with van der Waals surface area (Å²) in [6.07, 6.45) is 7.47. The fourth-order valence-electron chi connectivity index (χ4n) is 4.43. The Balaban J connectivity index is 1.23. The first-order chi connectivity index (χ1) is 15.5. The molecule has 8 heteroatoms. The Bertz CT molecular complexity index is 1130. The normalized spacial score (nSPS) is 19.2. The van der Waals surface area contributed by atoms with Crippen molar-refractivity contribution in [2.24, 2.45) is 5.92 Å². The van der Waals surface area contributed by atoms with Crippen molar-refractivity contribution in [3.63, 3.8) is 0 Å².